The first-order valence-electron chi connectivity index (χ1n) is 10.1. The van der Waals surface area contributed by atoms with E-state index in [1.54, 1.807) is 0 Å². The van der Waals surface area contributed by atoms with Gasteiger partial charge in [-0.3, -0.25) is 0 Å². The number of rotatable bonds is 5. The molecule has 3 aromatic carbocycles. The normalized spacial score (nSPS) is 20.4. The van der Waals surface area contributed by atoms with Crippen molar-refractivity contribution in [1.82, 2.24) is 0 Å². The third-order valence-corrected chi connectivity index (χ3v) is 11.9. The summed E-state index contributed by atoms with van der Waals surface area (Å²) >= 11 is 0. The van der Waals surface area contributed by atoms with E-state index in [4.69, 9.17) is 0 Å². The van der Waals surface area contributed by atoms with Crippen LogP contribution in [0, 0.1) is 5.92 Å². The predicted octanol–water partition coefficient (Wildman–Crippen LogP) is 4.36. The summed E-state index contributed by atoms with van der Waals surface area (Å²) in [7, 11) is -2.28. The van der Waals surface area contributed by atoms with Crippen molar-refractivity contribution in [1.29, 1.82) is 0 Å². The molecule has 1 N–H and O–H groups in total. The van der Waals surface area contributed by atoms with Gasteiger partial charge in [0.1, 0.15) is 0 Å². The Hall–Kier alpha value is -2.44. The van der Waals surface area contributed by atoms with Gasteiger partial charge in [0.2, 0.25) is 0 Å². The number of aliphatic carboxylic acids is 1. The Bertz CT molecular complexity index is 804. The Labute approximate surface area is 167 Å². The molecule has 0 amide bonds. The monoisotopic (exact) mass is 390 g/mol. The minimum atomic E-state index is -2.28. The second kappa shape index (κ2) is 8.29. The number of benzene rings is 3. The zero-order valence-electron chi connectivity index (χ0n) is 16.0. The van der Waals surface area contributed by atoms with Gasteiger partial charge in [0.15, 0.2) is 0 Å². The summed E-state index contributed by atoms with van der Waals surface area (Å²) in [6, 6.07) is 32.8. The number of carbonyl (C=O) groups is 1. The average Bonchev–Trinajstić information content (AvgIpc) is 2.77. The molecule has 0 bridgehead atoms. The molecule has 0 aliphatic heterocycles. The van der Waals surface area contributed by atoms with Crippen molar-refractivity contribution >= 4 is 29.1 Å². The van der Waals surface area contributed by atoms with E-state index in [1.807, 2.05) is 0 Å². The predicted molar refractivity (Wildman–Crippen MR) is 120 cm³/mol. The van der Waals surface area contributed by atoms with Crippen molar-refractivity contribution in [2.75, 3.05) is 0 Å². The average molecular weight is 390 g/mol. The summed E-state index contributed by atoms with van der Waals surface area (Å²) in [4.78, 5) is 11.5. The molecular formula is C25H27O2P. The van der Waals surface area contributed by atoms with E-state index in [0.29, 0.717) is 5.66 Å². The first-order chi connectivity index (χ1) is 13.7. The molecule has 144 valence electrons. The Morgan fingerprint density at radius 3 is 1.32 bits per heavy atom. The summed E-state index contributed by atoms with van der Waals surface area (Å²) < 4.78 is 0. The van der Waals surface area contributed by atoms with E-state index >= 15 is 0 Å². The third-order valence-electron chi connectivity index (χ3n) is 6.38. The van der Waals surface area contributed by atoms with Crippen LogP contribution in [-0.2, 0) is 4.79 Å². The van der Waals surface area contributed by atoms with Gasteiger partial charge < -0.3 is 0 Å². The summed E-state index contributed by atoms with van der Waals surface area (Å²) in [6.07, 6.45) is 3.51. The maximum atomic E-state index is 11.5. The second-order valence-electron chi connectivity index (χ2n) is 7.79. The van der Waals surface area contributed by atoms with E-state index in [2.05, 4.69) is 91.0 Å². The summed E-state index contributed by atoms with van der Waals surface area (Å²) in [5.41, 5.74) is 0.496. The summed E-state index contributed by atoms with van der Waals surface area (Å²) in [6.45, 7) is 0. The Morgan fingerprint density at radius 2 is 1.00 bits per heavy atom. The Kier molecular flexibility index (Phi) is 5.59. The molecule has 0 heterocycles. The molecule has 0 unspecified atom stereocenters. The number of hydrogen-bond acceptors (Lipinski definition) is 1. The maximum absolute atomic E-state index is 11.5. The standard InChI is InChI=1S/C25H27O2P/c26-25(27)20-16-18-24(19-17-20)28(21-10-4-1-5-11-21,22-12-6-2-7-13-22)23-14-8-3-9-15-23/h1-15,20,24,28H,16-19H2,(H,26,27). The summed E-state index contributed by atoms with van der Waals surface area (Å²) in [5, 5.41) is 13.8. The van der Waals surface area contributed by atoms with Crippen molar-refractivity contribution in [2.45, 2.75) is 31.3 Å². The number of hydrogen-bond donors (Lipinski definition) is 1. The van der Waals surface area contributed by atoms with E-state index < -0.39 is 13.2 Å². The first kappa shape index (κ1) is 18.9. The Morgan fingerprint density at radius 1 is 0.643 bits per heavy atom. The van der Waals surface area contributed by atoms with Gasteiger partial charge in [0, 0.05) is 0 Å². The van der Waals surface area contributed by atoms with Crippen LogP contribution in [-0.4, -0.2) is 16.7 Å². The fourth-order valence-corrected chi connectivity index (χ4v) is 10.9. The van der Waals surface area contributed by atoms with Crippen LogP contribution in [0.4, 0.5) is 0 Å². The molecule has 0 atom stereocenters. The number of carboxylic acids is 1. The molecule has 0 aromatic heterocycles. The minimum absolute atomic E-state index is 0.190. The van der Waals surface area contributed by atoms with E-state index in [-0.39, 0.29) is 5.92 Å². The second-order valence-corrected chi connectivity index (χ2v) is 12.0. The summed E-state index contributed by atoms with van der Waals surface area (Å²) in [5.74, 6) is -0.824. The van der Waals surface area contributed by atoms with Crippen molar-refractivity contribution in [2.24, 2.45) is 5.92 Å². The third kappa shape index (κ3) is 3.38. The van der Waals surface area contributed by atoms with E-state index in [0.717, 1.165) is 25.7 Å². The molecule has 3 heteroatoms. The molecule has 0 radical (unpaired) electrons. The van der Waals surface area contributed by atoms with Crippen molar-refractivity contribution < 1.29 is 9.90 Å². The van der Waals surface area contributed by atoms with E-state index in [1.165, 1.54) is 15.9 Å². The van der Waals surface area contributed by atoms with Crippen molar-refractivity contribution in [3.8, 4) is 0 Å². The molecule has 2 nitrogen and oxygen atoms in total. The molecule has 0 saturated heterocycles. The first-order valence-corrected chi connectivity index (χ1v) is 12.2. The van der Waals surface area contributed by atoms with Crippen LogP contribution in [0.15, 0.2) is 91.0 Å². The van der Waals surface area contributed by atoms with Crippen LogP contribution in [0.3, 0.4) is 0 Å². The molecular weight excluding hydrogens is 363 g/mol. The van der Waals surface area contributed by atoms with Crippen LogP contribution in [0.2, 0.25) is 0 Å². The zero-order chi connectivity index (χ0) is 19.4. The number of carboxylic acid groups (broad SMARTS) is 1. The van der Waals surface area contributed by atoms with Gasteiger partial charge >= 0.3 is 167 Å². The van der Waals surface area contributed by atoms with Crippen LogP contribution >= 0.6 is 7.26 Å². The fraction of sp³-hybridized carbons (Fsp3) is 0.240. The molecule has 1 aliphatic rings. The molecule has 1 fully saturated rings. The van der Waals surface area contributed by atoms with Crippen LogP contribution < -0.4 is 15.9 Å². The van der Waals surface area contributed by atoms with Crippen LogP contribution in [0.25, 0.3) is 0 Å². The molecule has 1 saturated carbocycles. The van der Waals surface area contributed by atoms with Crippen LogP contribution in [0.5, 0.6) is 0 Å². The quantitative estimate of drug-likeness (QED) is 0.658. The molecule has 3 aromatic rings. The SMILES string of the molecule is O=C(O)C1CCC([PH](c2ccccc2)(c2ccccc2)c2ccccc2)CC1. The van der Waals surface area contributed by atoms with Gasteiger partial charge in [-0.25, -0.2) is 0 Å². The van der Waals surface area contributed by atoms with Crippen molar-refractivity contribution in [3.05, 3.63) is 91.0 Å². The molecule has 1 aliphatic carbocycles. The fourth-order valence-electron chi connectivity index (χ4n) is 5.08. The molecule has 28 heavy (non-hydrogen) atoms. The zero-order valence-corrected chi connectivity index (χ0v) is 17.0. The van der Waals surface area contributed by atoms with Gasteiger partial charge in [-0.15, -0.1) is 0 Å². The Balaban J connectivity index is 1.91. The molecule has 4 rings (SSSR count). The van der Waals surface area contributed by atoms with Crippen molar-refractivity contribution in [3.63, 3.8) is 0 Å². The van der Waals surface area contributed by atoms with E-state index in [9.17, 15) is 9.90 Å². The van der Waals surface area contributed by atoms with Gasteiger partial charge in [0.05, 0.1) is 0 Å². The topological polar surface area (TPSA) is 37.3 Å². The van der Waals surface area contributed by atoms with Gasteiger partial charge in [0.25, 0.3) is 0 Å². The molecule has 0 spiro atoms. The van der Waals surface area contributed by atoms with Gasteiger partial charge in [-0.1, -0.05) is 0 Å². The van der Waals surface area contributed by atoms with Gasteiger partial charge in [-0.2, -0.15) is 0 Å². The van der Waals surface area contributed by atoms with Gasteiger partial charge in [-0.05, 0) is 0 Å². The van der Waals surface area contributed by atoms with Crippen LogP contribution in [0.1, 0.15) is 25.7 Å².